The van der Waals surface area contributed by atoms with Gasteiger partial charge in [0, 0.05) is 24.6 Å². The Bertz CT molecular complexity index is 467. The Morgan fingerprint density at radius 1 is 1.50 bits per heavy atom. The summed E-state index contributed by atoms with van der Waals surface area (Å²) in [7, 11) is 0. The number of carbonyl (C=O) groups is 1. The zero-order valence-electron chi connectivity index (χ0n) is 12.3. The molecule has 112 valence electrons. The van der Waals surface area contributed by atoms with Crippen molar-refractivity contribution in [1.82, 2.24) is 9.36 Å². The monoisotopic (exact) mass is 298 g/mol. The fourth-order valence-electron chi connectivity index (χ4n) is 2.75. The van der Waals surface area contributed by atoms with Gasteiger partial charge in [-0.05, 0) is 46.0 Å². The van der Waals surface area contributed by atoms with E-state index in [1.54, 1.807) is 0 Å². The summed E-state index contributed by atoms with van der Waals surface area (Å²) >= 11 is 1.46. The fourth-order valence-corrected chi connectivity index (χ4v) is 3.48. The van der Waals surface area contributed by atoms with Crippen LogP contribution in [-0.4, -0.2) is 34.1 Å². The summed E-state index contributed by atoms with van der Waals surface area (Å²) in [5.41, 5.74) is 4.61. The smallest absolute Gasteiger partial charge is 0.405 e. The van der Waals surface area contributed by atoms with Gasteiger partial charge in [0.2, 0.25) is 5.13 Å². The Morgan fingerprint density at radius 3 is 2.65 bits per heavy atom. The van der Waals surface area contributed by atoms with E-state index in [4.69, 9.17) is 10.5 Å². The third kappa shape index (κ3) is 4.06. The summed E-state index contributed by atoms with van der Waals surface area (Å²) in [6, 6.07) is 0. The van der Waals surface area contributed by atoms with E-state index in [1.807, 2.05) is 20.8 Å². The van der Waals surface area contributed by atoms with Crippen LogP contribution in [0.2, 0.25) is 0 Å². The number of anilines is 1. The summed E-state index contributed by atoms with van der Waals surface area (Å²) in [5.74, 6) is 1.39. The molecule has 1 aromatic rings. The topological polar surface area (TPSA) is 81.3 Å². The van der Waals surface area contributed by atoms with E-state index < -0.39 is 11.7 Å². The van der Waals surface area contributed by atoms with Crippen molar-refractivity contribution in [3.63, 3.8) is 0 Å². The largest absolute Gasteiger partial charge is 0.444 e. The molecule has 1 aliphatic heterocycles. The Hall–Kier alpha value is -1.37. The summed E-state index contributed by atoms with van der Waals surface area (Å²) < 4.78 is 9.38. The van der Waals surface area contributed by atoms with Gasteiger partial charge in [0.05, 0.1) is 0 Å². The number of hydrogen-bond acceptors (Lipinski definition) is 6. The lowest BCUT2D eigenvalue weighted by molar-refractivity contribution is 0.0236. The normalized spacial score (nSPS) is 17.2. The van der Waals surface area contributed by atoms with Gasteiger partial charge >= 0.3 is 6.09 Å². The lowest BCUT2D eigenvalue weighted by Gasteiger charge is -2.35. The first-order valence-electron chi connectivity index (χ1n) is 6.89. The first-order chi connectivity index (χ1) is 9.35. The highest BCUT2D eigenvalue weighted by atomic mass is 32.1. The molecular weight excluding hydrogens is 276 g/mol. The van der Waals surface area contributed by atoms with E-state index in [9.17, 15) is 4.79 Å². The van der Waals surface area contributed by atoms with Crippen LogP contribution >= 0.6 is 11.5 Å². The van der Waals surface area contributed by atoms with Crippen LogP contribution in [0.3, 0.4) is 0 Å². The van der Waals surface area contributed by atoms with Gasteiger partial charge in [-0.15, -0.1) is 0 Å². The molecule has 0 atom stereocenters. The van der Waals surface area contributed by atoms with E-state index in [-0.39, 0.29) is 0 Å². The van der Waals surface area contributed by atoms with Crippen LogP contribution in [0.4, 0.5) is 9.93 Å². The number of aryl methyl sites for hydroxylation is 1. The molecule has 2 rings (SSSR count). The van der Waals surface area contributed by atoms with Gasteiger partial charge in [-0.1, -0.05) is 0 Å². The molecule has 6 nitrogen and oxygen atoms in total. The summed E-state index contributed by atoms with van der Waals surface area (Å²) in [6.45, 7) is 7.70. The molecule has 0 aliphatic carbocycles. The SMILES string of the molecule is Cc1nsc(N2CCC(CC(C)(C)OC(N)=O)CC2)n1. The van der Waals surface area contributed by atoms with Crippen molar-refractivity contribution in [2.45, 2.75) is 45.6 Å². The van der Waals surface area contributed by atoms with Gasteiger partial charge in [0.15, 0.2) is 0 Å². The highest BCUT2D eigenvalue weighted by Crippen LogP contribution is 2.30. The fraction of sp³-hybridized carbons (Fsp3) is 0.769. The summed E-state index contributed by atoms with van der Waals surface area (Å²) in [4.78, 5) is 17.6. The van der Waals surface area contributed by atoms with Gasteiger partial charge in [0.25, 0.3) is 0 Å². The zero-order chi connectivity index (χ0) is 14.8. The number of piperidine rings is 1. The average Bonchev–Trinajstić information content (AvgIpc) is 2.74. The van der Waals surface area contributed by atoms with Crippen LogP contribution in [0.5, 0.6) is 0 Å². The molecule has 0 spiro atoms. The molecule has 20 heavy (non-hydrogen) atoms. The average molecular weight is 298 g/mol. The number of nitrogens with two attached hydrogens (primary N) is 1. The van der Waals surface area contributed by atoms with Gasteiger partial charge in [0.1, 0.15) is 11.4 Å². The van der Waals surface area contributed by atoms with Crippen LogP contribution in [0.1, 0.15) is 38.9 Å². The first-order valence-corrected chi connectivity index (χ1v) is 7.67. The second kappa shape index (κ2) is 5.95. The molecule has 2 N–H and O–H groups in total. The maximum absolute atomic E-state index is 10.9. The lowest BCUT2D eigenvalue weighted by Crippen LogP contribution is -2.38. The van der Waals surface area contributed by atoms with E-state index in [0.717, 1.165) is 43.3 Å². The Morgan fingerprint density at radius 2 is 2.15 bits per heavy atom. The quantitative estimate of drug-likeness (QED) is 0.922. The van der Waals surface area contributed by atoms with Crippen LogP contribution < -0.4 is 10.6 Å². The number of carbonyl (C=O) groups excluding carboxylic acids is 1. The van der Waals surface area contributed by atoms with Crippen molar-refractivity contribution < 1.29 is 9.53 Å². The Balaban J connectivity index is 1.84. The first kappa shape index (κ1) is 15.0. The van der Waals surface area contributed by atoms with Crippen LogP contribution in [0.15, 0.2) is 0 Å². The maximum atomic E-state index is 10.9. The number of hydrogen-bond donors (Lipinski definition) is 1. The van der Waals surface area contributed by atoms with Crippen molar-refractivity contribution in [2.24, 2.45) is 11.7 Å². The zero-order valence-corrected chi connectivity index (χ0v) is 13.1. The molecule has 0 bridgehead atoms. The molecule has 0 radical (unpaired) electrons. The molecule has 0 aromatic carbocycles. The molecule has 1 aliphatic rings. The number of amides is 1. The van der Waals surface area contributed by atoms with Crippen molar-refractivity contribution in [2.75, 3.05) is 18.0 Å². The second-order valence-electron chi connectivity index (χ2n) is 5.94. The standard InChI is InChI=1S/C13H22N4O2S/c1-9-15-12(20-16-9)17-6-4-10(5-7-17)8-13(2,3)19-11(14)18/h10H,4-8H2,1-3H3,(H2,14,18). The number of ether oxygens (including phenoxy) is 1. The minimum Gasteiger partial charge on any atom is -0.444 e. The number of nitrogens with zero attached hydrogens (tertiary/aromatic N) is 3. The molecule has 1 amide bonds. The second-order valence-corrected chi connectivity index (χ2v) is 6.67. The number of rotatable bonds is 4. The molecule has 0 saturated carbocycles. The predicted molar refractivity (Wildman–Crippen MR) is 78.9 cm³/mol. The van der Waals surface area contributed by atoms with Gasteiger partial charge < -0.3 is 15.4 Å². The molecule has 2 heterocycles. The van der Waals surface area contributed by atoms with Gasteiger partial charge in [-0.3, -0.25) is 0 Å². The number of primary amides is 1. The molecule has 1 saturated heterocycles. The summed E-state index contributed by atoms with van der Waals surface area (Å²) in [6.07, 6.45) is 2.30. The highest BCUT2D eigenvalue weighted by Gasteiger charge is 2.29. The minimum absolute atomic E-state index is 0.488. The molecule has 1 fully saturated rings. The predicted octanol–water partition coefficient (Wildman–Crippen LogP) is 2.33. The summed E-state index contributed by atoms with van der Waals surface area (Å²) in [5, 5.41) is 1.01. The van der Waals surface area contributed by atoms with Crippen molar-refractivity contribution in [3.8, 4) is 0 Å². The molecule has 1 aromatic heterocycles. The molecule has 7 heteroatoms. The van der Waals surface area contributed by atoms with E-state index in [0.29, 0.717) is 5.92 Å². The van der Waals surface area contributed by atoms with Crippen molar-refractivity contribution >= 4 is 22.8 Å². The van der Waals surface area contributed by atoms with E-state index >= 15 is 0 Å². The van der Waals surface area contributed by atoms with Crippen molar-refractivity contribution in [3.05, 3.63) is 5.82 Å². The van der Waals surface area contributed by atoms with Crippen LogP contribution in [-0.2, 0) is 4.74 Å². The van der Waals surface area contributed by atoms with Crippen LogP contribution in [0, 0.1) is 12.8 Å². The van der Waals surface area contributed by atoms with Gasteiger partial charge in [-0.2, -0.15) is 4.37 Å². The van der Waals surface area contributed by atoms with E-state index in [1.165, 1.54) is 11.5 Å². The molecule has 0 unspecified atom stereocenters. The molecular formula is C13H22N4O2S. The Kier molecular flexibility index (Phi) is 4.47. The number of aromatic nitrogens is 2. The van der Waals surface area contributed by atoms with Crippen molar-refractivity contribution in [1.29, 1.82) is 0 Å². The van der Waals surface area contributed by atoms with E-state index in [2.05, 4.69) is 14.3 Å². The maximum Gasteiger partial charge on any atom is 0.405 e. The Labute approximate surface area is 123 Å². The minimum atomic E-state index is -0.697. The van der Waals surface area contributed by atoms with Gasteiger partial charge in [-0.25, -0.2) is 9.78 Å². The highest BCUT2D eigenvalue weighted by molar-refractivity contribution is 7.09. The third-order valence-electron chi connectivity index (χ3n) is 3.56. The van der Waals surface area contributed by atoms with Crippen LogP contribution in [0.25, 0.3) is 0 Å². The third-order valence-corrected chi connectivity index (χ3v) is 4.43. The lowest BCUT2D eigenvalue weighted by atomic mass is 9.86.